The lowest BCUT2D eigenvalue weighted by molar-refractivity contribution is 0.103. The third-order valence-electron chi connectivity index (χ3n) is 6.05. The minimum atomic E-state index is -0.579. The van der Waals surface area contributed by atoms with Crippen molar-refractivity contribution < 1.29 is 13.6 Å². The summed E-state index contributed by atoms with van der Waals surface area (Å²) in [6.45, 7) is 0.372. The van der Waals surface area contributed by atoms with Gasteiger partial charge < -0.3 is 21.3 Å². The van der Waals surface area contributed by atoms with Crippen molar-refractivity contribution in [3.63, 3.8) is 0 Å². The number of amides is 1. The lowest BCUT2D eigenvalue weighted by Gasteiger charge is -2.21. The Morgan fingerprint density at radius 2 is 2.03 bits per heavy atom. The highest BCUT2D eigenvalue weighted by atomic mass is 32.1. The average Bonchev–Trinajstić information content (AvgIpc) is 3.37. The molecule has 0 fully saturated rings. The number of alkyl halides is 1. The lowest BCUT2D eigenvalue weighted by atomic mass is 10.1. The maximum absolute atomic E-state index is 14.6. The molecule has 196 valence electrons. The van der Waals surface area contributed by atoms with E-state index in [0.717, 1.165) is 28.2 Å². The highest BCUT2D eigenvalue weighted by Gasteiger charge is 2.16. The number of thiophene rings is 1. The second-order valence-electron chi connectivity index (χ2n) is 8.79. The third-order valence-corrected chi connectivity index (χ3v) is 7.20. The second-order valence-corrected chi connectivity index (χ2v) is 9.88. The van der Waals surface area contributed by atoms with Gasteiger partial charge in [-0.2, -0.15) is 5.10 Å². The molecule has 38 heavy (non-hydrogen) atoms. The zero-order valence-corrected chi connectivity index (χ0v) is 21.1. The highest BCUT2D eigenvalue weighted by molar-refractivity contribution is 7.12. The quantitative estimate of drug-likeness (QED) is 0.269. The Bertz CT molecular complexity index is 1560. The molecule has 1 aliphatic heterocycles. The summed E-state index contributed by atoms with van der Waals surface area (Å²) in [5.74, 6) is -0.967. The second kappa shape index (κ2) is 11.5. The molecule has 0 radical (unpaired) electrons. The molecule has 1 aliphatic carbocycles. The number of aromatic amines is 1. The van der Waals surface area contributed by atoms with Crippen LogP contribution in [0.2, 0.25) is 0 Å². The van der Waals surface area contributed by atoms with Crippen LogP contribution in [0.25, 0.3) is 23.4 Å². The van der Waals surface area contributed by atoms with Gasteiger partial charge >= 0.3 is 0 Å². The van der Waals surface area contributed by atoms with Crippen LogP contribution in [0.1, 0.15) is 22.5 Å². The standard InChI is InChI=1S/C27H26F2N6O2S/c28-9-10-30-14-16-5-8-25(31-15-16)32-22-13-20(34-35-26(22)36)17-6-7-19(29)21(11-17)33-27(37)24-12-18-3-1-2-4-23(18)38-24/h3-8,11-13,15,25,30-31H,1-2,9-10,14H2,(H,32,34)(H,33,37)(H,35,36). The van der Waals surface area contributed by atoms with E-state index in [-0.39, 0.29) is 30.0 Å². The van der Waals surface area contributed by atoms with Gasteiger partial charge in [-0.25, -0.2) is 13.9 Å². The van der Waals surface area contributed by atoms with Crippen molar-refractivity contribution >= 4 is 40.8 Å². The van der Waals surface area contributed by atoms with Gasteiger partial charge in [-0.3, -0.25) is 9.59 Å². The zero-order valence-electron chi connectivity index (χ0n) is 20.3. The molecule has 0 saturated carbocycles. The summed E-state index contributed by atoms with van der Waals surface area (Å²) in [6, 6.07) is 7.65. The van der Waals surface area contributed by atoms with E-state index < -0.39 is 18.1 Å². The number of hydrogen-bond donors (Lipinski definition) is 5. The molecular weight excluding hydrogens is 510 g/mol. The van der Waals surface area contributed by atoms with Gasteiger partial charge in [0.15, 0.2) is 0 Å². The fourth-order valence-electron chi connectivity index (χ4n) is 4.12. The van der Waals surface area contributed by atoms with Crippen molar-refractivity contribution in [2.24, 2.45) is 0 Å². The topological polar surface area (TPSA) is 111 Å². The van der Waals surface area contributed by atoms with Crippen LogP contribution in [-0.4, -0.2) is 42.0 Å². The third kappa shape index (κ3) is 5.90. The summed E-state index contributed by atoms with van der Waals surface area (Å²) in [4.78, 5) is 25.8. The van der Waals surface area contributed by atoms with Gasteiger partial charge in [0.25, 0.3) is 11.5 Å². The zero-order chi connectivity index (χ0) is 26.5. The summed E-state index contributed by atoms with van der Waals surface area (Å²) < 4.78 is 27.9. The van der Waals surface area contributed by atoms with E-state index in [9.17, 15) is 18.4 Å². The molecule has 0 saturated heterocycles. The van der Waals surface area contributed by atoms with E-state index in [4.69, 9.17) is 0 Å². The van der Waals surface area contributed by atoms with Crippen LogP contribution in [0.5, 0.6) is 0 Å². The normalized spacial score (nSPS) is 15.9. The summed E-state index contributed by atoms with van der Waals surface area (Å²) >= 11 is 1.38. The molecule has 0 spiro atoms. The van der Waals surface area contributed by atoms with Crippen molar-refractivity contribution in [3.05, 3.63) is 85.1 Å². The first kappa shape index (κ1) is 25.6. The predicted molar refractivity (Wildman–Crippen MR) is 147 cm³/mol. The molecule has 1 atom stereocenters. The van der Waals surface area contributed by atoms with Gasteiger partial charge in [-0.05, 0) is 60.0 Å². The Labute approximate surface area is 220 Å². The van der Waals surface area contributed by atoms with Gasteiger partial charge in [0, 0.05) is 29.4 Å². The molecule has 1 amide bonds. The maximum atomic E-state index is 14.6. The molecule has 11 heteroatoms. The molecule has 3 heterocycles. The number of rotatable bonds is 9. The molecule has 2 aliphatic rings. The van der Waals surface area contributed by atoms with Crippen LogP contribution < -0.4 is 36.6 Å². The number of nitrogens with one attached hydrogen (secondary N) is 5. The van der Waals surface area contributed by atoms with Gasteiger partial charge in [0.1, 0.15) is 24.3 Å². The number of benzene rings is 1. The largest absolute Gasteiger partial charge is 0.368 e. The number of carbonyl (C=O) groups excluding carboxylic acids is 1. The number of nitrogens with zero attached hydrogens (tertiary/aromatic N) is 1. The Morgan fingerprint density at radius 1 is 1.16 bits per heavy atom. The fraction of sp³-hybridized carbons (Fsp3) is 0.222. The molecule has 1 unspecified atom stereocenters. The van der Waals surface area contributed by atoms with E-state index >= 15 is 0 Å². The van der Waals surface area contributed by atoms with Crippen molar-refractivity contribution in [1.29, 1.82) is 0 Å². The smallest absolute Gasteiger partial charge is 0.287 e. The Kier molecular flexibility index (Phi) is 7.75. The molecule has 0 bridgehead atoms. The van der Waals surface area contributed by atoms with Crippen LogP contribution in [0.3, 0.4) is 0 Å². The summed E-state index contributed by atoms with van der Waals surface area (Å²) in [5.41, 5.74) is 1.71. The van der Waals surface area contributed by atoms with Gasteiger partial charge in [0.2, 0.25) is 0 Å². The predicted octanol–water partition coefficient (Wildman–Crippen LogP) is 2.59. The molecule has 3 aromatic rings. The number of H-pyrrole nitrogens is 1. The van der Waals surface area contributed by atoms with Crippen molar-refractivity contribution in [1.82, 2.24) is 20.8 Å². The first-order chi connectivity index (χ1) is 18.5. The Balaban J connectivity index is 1.30. The van der Waals surface area contributed by atoms with Crippen molar-refractivity contribution in [2.75, 3.05) is 30.4 Å². The van der Waals surface area contributed by atoms with Crippen LogP contribution in [0, 0.1) is 5.82 Å². The number of dihydropyridines is 1. The Morgan fingerprint density at radius 3 is 2.82 bits per heavy atom. The Hall–Kier alpha value is -4.09. The lowest BCUT2D eigenvalue weighted by Crippen LogP contribution is -2.35. The van der Waals surface area contributed by atoms with Crippen molar-refractivity contribution in [3.8, 4) is 11.3 Å². The van der Waals surface area contributed by atoms with Crippen LogP contribution in [0.4, 0.5) is 20.2 Å². The average molecular weight is 537 g/mol. The monoisotopic (exact) mass is 536 g/mol. The van der Waals surface area contributed by atoms with Crippen LogP contribution in [-0.2, 0) is 0 Å². The first-order valence-corrected chi connectivity index (χ1v) is 13.0. The molecule has 1 aromatic carbocycles. The maximum Gasteiger partial charge on any atom is 0.287 e. The molecular formula is C27H26F2N6O2S. The van der Waals surface area contributed by atoms with Crippen LogP contribution >= 0.6 is 11.3 Å². The number of hydrogen-bond acceptors (Lipinski definition) is 7. The van der Waals surface area contributed by atoms with Gasteiger partial charge in [-0.15, -0.1) is 11.3 Å². The fourth-order valence-corrected chi connectivity index (χ4v) is 5.14. The SMILES string of the molecule is O=C(Nc1cc(-c2cc(NC3C=CC(CNCCF)=CN3)c(=O)[nH]n2)ccc1F)c1cc2c(s1)=CCCC=2. The summed E-state index contributed by atoms with van der Waals surface area (Å²) in [6.07, 6.45) is 11.2. The molecule has 2 aromatic heterocycles. The van der Waals surface area contributed by atoms with Crippen molar-refractivity contribution in [2.45, 2.75) is 19.0 Å². The summed E-state index contributed by atoms with van der Waals surface area (Å²) in [7, 11) is 0. The number of fused-ring (bicyclic) bond motifs is 1. The van der Waals surface area contributed by atoms with E-state index in [1.807, 2.05) is 18.2 Å². The van der Waals surface area contributed by atoms with Gasteiger partial charge in [0.05, 0.1) is 16.3 Å². The molecule has 5 N–H and O–H groups in total. The van der Waals surface area contributed by atoms with Gasteiger partial charge in [-0.1, -0.05) is 18.2 Å². The minimum Gasteiger partial charge on any atom is -0.368 e. The van der Waals surface area contributed by atoms with E-state index in [1.54, 1.807) is 12.3 Å². The molecule has 8 nitrogen and oxygen atoms in total. The van der Waals surface area contributed by atoms with Crippen LogP contribution in [0.15, 0.2) is 59.1 Å². The highest BCUT2D eigenvalue weighted by Crippen LogP contribution is 2.25. The van der Waals surface area contributed by atoms with E-state index in [2.05, 4.69) is 43.6 Å². The first-order valence-electron chi connectivity index (χ1n) is 12.2. The number of aromatic nitrogens is 2. The number of halogens is 2. The van der Waals surface area contributed by atoms with E-state index in [0.29, 0.717) is 22.7 Å². The van der Waals surface area contributed by atoms with E-state index in [1.165, 1.54) is 29.5 Å². The number of anilines is 2. The number of carbonyl (C=O) groups is 1. The minimum absolute atomic E-state index is 0.0188. The summed E-state index contributed by atoms with van der Waals surface area (Å²) in [5, 5.41) is 19.5. The molecule has 5 rings (SSSR count).